The Balaban J connectivity index is 1.65. The highest BCUT2D eigenvalue weighted by Gasteiger charge is 2.60. The number of esters is 1. The molecule has 3 rings (SSSR count). The fourth-order valence-electron chi connectivity index (χ4n) is 3.63. The molecule has 1 aromatic carbocycles. The normalized spacial score (nSPS) is 20.6. The zero-order chi connectivity index (χ0) is 26.1. The smallest absolute Gasteiger partial charge is 0.412 e. The molecule has 0 radical (unpaired) electrons. The molecule has 0 saturated carbocycles. The summed E-state index contributed by atoms with van der Waals surface area (Å²) < 4.78 is 45.7. The predicted octanol–water partition coefficient (Wildman–Crippen LogP) is 3.05. The van der Waals surface area contributed by atoms with E-state index in [0.29, 0.717) is 17.4 Å². The maximum Gasteiger partial charge on any atom is 0.412 e. The third-order valence-corrected chi connectivity index (χ3v) is 5.58. The van der Waals surface area contributed by atoms with Crippen LogP contribution < -0.4 is 11.0 Å². The number of aromatic nitrogens is 2. The number of anilines is 1. The first kappa shape index (κ1) is 27.2. The van der Waals surface area contributed by atoms with Gasteiger partial charge in [-0.25, -0.2) is 19.1 Å². The van der Waals surface area contributed by atoms with Crippen molar-refractivity contribution in [2.45, 2.75) is 63.4 Å². The molecule has 10 nitrogen and oxygen atoms in total. The van der Waals surface area contributed by atoms with Crippen LogP contribution in [0.1, 0.15) is 44.4 Å². The molecule has 36 heavy (non-hydrogen) atoms. The molecule has 1 saturated heterocycles. The van der Waals surface area contributed by atoms with Gasteiger partial charge in [-0.1, -0.05) is 50.1 Å². The highest BCUT2D eigenvalue weighted by atomic mass is 19.3. The maximum absolute atomic E-state index is 15.0. The van der Waals surface area contributed by atoms with E-state index in [2.05, 4.69) is 10.3 Å². The van der Waals surface area contributed by atoms with Crippen molar-refractivity contribution in [2.24, 2.45) is 0 Å². The number of aliphatic hydroxyl groups is 1. The third-order valence-electron chi connectivity index (χ3n) is 5.58. The molecule has 1 aromatic heterocycles. The van der Waals surface area contributed by atoms with Crippen molar-refractivity contribution in [1.29, 1.82) is 0 Å². The average Bonchev–Trinajstić information content (AvgIpc) is 3.08. The van der Waals surface area contributed by atoms with Crippen LogP contribution in [0.25, 0.3) is 0 Å². The van der Waals surface area contributed by atoms with Gasteiger partial charge in [0.25, 0.3) is 0 Å². The molecule has 1 aliphatic rings. The highest BCUT2D eigenvalue weighted by Crippen LogP contribution is 2.43. The minimum atomic E-state index is -3.96. The molecule has 2 heterocycles. The molecule has 0 spiro atoms. The van der Waals surface area contributed by atoms with Gasteiger partial charge in [0.15, 0.2) is 6.10 Å². The predicted molar refractivity (Wildman–Crippen MR) is 124 cm³/mol. The summed E-state index contributed by atoms with van der Waals surface area (Å²) in [6.07, 6.45) is -3.47. The first-order chi connectivity index (χ1) is 17.2. The number of halogens is 2. The molecule has 196 valence electrons. The molecule has 1 amide bonds. The molecule has 1 aliphatic heterocycles. The quantitative estimate of drug-likeness (QED) is 0.349. The maximum atomic E-state index is 15.0. The van der Waals surface area contributed by atoms with E-state index in [-0.39, 0.29) is 18.8 Å². The van der Waals surface area contributed by atoms with E-state index in [9.17, 15) is 28.3 Å². The zero-order valence-corrected chi connectivity index (χ0v) is 19.8. The standard InChI is InChI=1S/C24H29F2N3O7/c1-2-3-7-14-34-23(33)28-18-12-13-27-22(32)29(18)21-24(25,26)20(31)17(36-21)15-35-19(30)11-10-16-8-5-4-6-9-16/h4-6,8-9,12-13,17,20-21,31H,2-3,7,10-11,14-15H2,1H3,(H,28,33)/t17-,20-,21-/m1/s1. The second-order valence-corrected chi connectivity index (χ2v) is 8.27. The number of carbonyl (C=O) groups excluding carboxylic acids is 2. The van der Waals surface area contributed by atoms with Crippen molar-refractivity contribution in [3.05, 3.63) is 58.6 Å². The Hall–Kier alpha value is -3.38. The largest absolute Gasteiger partial charge is 0.463 e. The van der Waals surface area contributed by atoms with Crippen LogP contribution in [0.3, 0.4) is 0 Å². The summed E-state index contributed by atoms with van der Waals surface area (Å²) in [5.74, 6) is -4.98. The first-order valence-electron chi connectivity index (χ1n) is 11.7. The van der Waals surface area contributed by atoms with Crippen LogP contribution in [0.15, 0.2) is 47.4 Å². The van der Waals surface area contributed by atoms with E-state index in [4.69, 9.17) is 14.2 Å². The average molecular weight is 510 g/mol. The van der Waals surface area contributed by atoms with Crippen molar-refractivity contribution < 1.29 is 37.7 Å². The van der Waals surface area contributed by atoms with Crippen LogP contribution in [0.4, 0.5) is 19.4 Å². The van der Waals surface area contributed by atoms with Crippen LogP contribution in [-0.4, -0.2) is 58.1 Å². The Morgan fingerprint density at radius 3 is 2.67 bits per heavy atom. The second-order valence-electron chi connectivity index (χ2n) is 8.27. The van der Waals surface area contributed by atoms with Gasteiger partial charge in [0, 0.05) is 12.6 Å². The van der Waals surface area contributed by atoms with Crippen LogP contribution >= 0.6 is 0 Å². The molecular formula is C24H29F2N3O7. The number of hydrogen-bond donors (Lipinski definition) is 2. The summed E-state index contributed by atoms with van der Waals surface area (Å²) >= 11 is 0. The molecule has 0 bridgehead atoms. The monoisotopic (exact) mass is 509 g/mol. The minimum Gasteiger partial charge on any atom is -0.463 e. The van der Waals surface area contributed by atoms with Gasteiger partial charge in [-0.3, -0.25) is 10.1 Å². The molecule has 1 fully saturated rings. The molecule has 2 N–H and O–H groups in total. The number of benzene rings is 1. The topological polar surface area (TPSA) is 129 Å². The Morgan fingerprint density at radius 2 is 1.94 bits per heavy atom. The Kier molecular flexibility index (Phi) is 9.48. The number of carbonyl (C=O) groups is 2. The number of nitrogens with one attached hydrogen (secondary N) is 1. The lowest BCUT2D eigenvalue weighted by Gasteiger charge is -2.23. The molecule has 2 aromatic rings. The van der Waals surface area contributed by atoms with Crippen molar-refractivity contribution in [1.82, 2.24) is 9.55 Å². The van der Waals surface area contributed by atoms with E-state index < -0.39 is 48.7 Å². The van der Waals surface area contributed by atoms with E-state index >= 15 is 0 Å². The van der Waals surface area contributed by atoms with Gasteiger partial charge in [-0.15, -0.1) is 0 Å². The van der Waals surface area contributed by atoms with Gasteiger partial charge in [0.1, 0.15) is 18.5 Å². The Morgan fingerprint density at radius 1 is 1.19 bits per heavy atom. The molecular weight excluding hydrogens is 480 g/mol. The summed E-state index contributed by atoms with van der Waals surface area (Å²) in [5, 5.41) is 12.4. The fraction of sp³-hybridized carbons (Fsp3) is 0.500. The molecule has 0 unspecified atom stereocenters. The number of amides is 1. The number of aryl methyl sites for hydroxylation is 1. The lowest BCUT2D eigenvalue weighted by molar-refractivity contribution is -0.150. The van der Waals surface area contributed by atoms with Gasteiger partial charge in [-0.2, -0.15) is 8.78 Å². The highest BCUT2D eigenvalue weighted by molar-refractivity contribution is 5.83. The van der Waals surface area contributed by atoms with E-state index in [1.165, 1.54) is 0 Å². The Bertz CT molecular complexity index is 1080. The van der Waals surface area contributed by atoms with Crippen LogP contribution in [0.2, 0.25) is 0 Å². The van der Waals surface area contributed by atoms with Crippen LogP contribution in [0.5, 0.6) is 0 Å². The summed E-state index contributed by atoms with van der Waals surface area (Å²) in [7, 11) is 0. The summed E-state index contributed by atoms with van der Waals surface area (Å²) in [5.41, 5.74) is -0.241. The fourth-order valence-corrected chi connectivity index (χ4v) is 3.63. The van der Waals surface area contributed by atoms with Gasteiger partial charge < -0.3 is 19.3 Å². The Labute approximate surface area is 206 Å². The van der Waals surface area contributed by atoms with Crippen LogP contribution in [-0.2, 0) is 25.4 Å². The molecule has 0 aliphatic carbocycles. The SMILES string of the molecule is CCCCCOC(=O)Nc1ccnc(=O)n1[C@@H]1O[C@H](COC(=O)CCc2ccccc2)[C@@H](O)C1(F)F. The number of ether oxygens (including phenoxy) is 3. The summed E-state index contributed by atoms with van der Waals surface area (Å²) in [4.78, 5) is 40.0. The van der Waals surface area contributed by atoms with Crippen molar-refractivity contribution in [2.75, 3.05) is 18.5 Å². The summed E-state index contributed by atoms with van der Waals surface area (Å²) in [6.45, 7) is 1.44. The van der Waals surface area contributed by atoms with Crippen molar-refractivity contribution in [3.8, 4) is 0 Å². The van der Waals surface area contributed by atoms with E-state index in [1.54, 1.807) is 0 Å². The number of nitrogens with zero attached hydrogens (tertiary/aromatic N) is 2. The van der Waals surface area contributed by atoms with Gasteiger partial charge in [0.2, 0.25) is 6.23 Å². The minimum absolute atomic E-state index is 0.00312. The molecule has 12 heteroatoms. The number of rotatable bonds is 11. The summed E-state index contributed by atoms with van der Waals surface area (Å²) in [6, 6.07) is 10.3. The van der Waals surface area contributed by atoms with E-state index in [1.807, 2.05) is 37.3 Å². The lowest BCUT2D eigenvalue weighted by atomic mass is 10.1. The van der Waals surface area contributed by atoms with E-state index in [0.717, 1.165) is 30.7 Å². The van der Waals surface area contributed by atoms with Gasteiger partial charge in [-0.05, 0) is 24.5 Å². The van der Waals surface area contributed by atoms with Gasteiger partial charge >= 0.3 is 23.7 Å². The zero-order valence-electron chi connectivity index (χ0n) is 19.8. The van der Waals surface area contributed by atoms with Crippen molar-refractivity contribution in [3.63, 3.8) is 0 Å². The third kappa shape index (κ3) is 6.85. The number of aliphatic hydroxyl groups excluding tert-OH is 1. The van der Waals surface area contributed by atoms with Crippen LogP contribution in [0, 0.1) is 0 Å². The lowest BCUT2D eigenvalue weighted by Crippen LogP contribution is -2.42. The number of hydrogen-bond acceptors (Lipinski definition) is 8. The van der Waals surface area contributed by atoms with Gasteiger partial charge in [0.05, 0.1) is 6.61 Å². The molecule has 3 atom stereocenters. The number of alkyl halides is 2. The number of unbranched alkanes of at least 4 members (excludes halogenated alkanes) is 2. The first-order valence-corrected chi connectivity index (χ1v) is 11.7. The van der Waals surface area contributed by atoms with Crippen molar-refractivity contribution >= 4 is 17.9 Å². The second kappa shape index (κ2) is 12.5.